The number of rotatable bonds is 4. The number of benzene rings is 1. The van der Waals surface area contributed by atoms with Crippen molar-refractivity contribution in [3.63, 3.8) is 0 Å². The molecule has 3 heterocycles. The highest BCUT2D eigenvalue weighted by molar-refractivity contribution is 5.93. The number of aromatic nitrogens is 3. The zero-order chi connectivity index (χ0) is 19.7. The van der Waals surface area contributed by atoms with Crippen molar-refractivity contribution in [2.45, 2.75) is 32.8 Å². The van der Waals surface area contributed by atoms with Gasteiger partial charge in [0.15, 0.2) is 5.69 Å². The highest BCUT2D eigenvalue weighted by Gasteiger charge is 2.38. The van der Waals surface area contributed by atoms with Gasteiger partial charge in [-0.15, -0.1) is 17.5 Å². The SMILES string of the molecule is Cc1c(C(=O)N2CCC3(CCNC3)CC2)nnn1-c1ccc(OC(F)F)cc1.Cl. The second-order valence-electron chi connectivity index (χ2n) is 7.53. The lowest BCUT2D eigenvalue weighted by Crippen LogP contribution is -2.44. The summed E-state index contributed by atoms with van der Waals surface area (Å²) in [5.41, 5.74) is 1.91. The number of carbonyl (C=O) groups is 1. The van der Waals surface area contributed by atoms with Gasteiger partial charge in [0.05, 0.1) is 11.4 Å². The fourth-order valence-electron chi connectivity index (χ4n) is 4.10. The van der Waals surface area contributed by atoms with Crippen LogP contribution in [0.2, 0.25) is 0 Å². The topological polar surface area (TPSA) is 72.3 Å². The first kappa shape index (κ1) is 21.4. The number of hydrogen-bond donors (Lipinski definition) is 1. The summed E-state index contributed by atoms with van der Waals surface area (Å²) in [6, 6.07) is 6.07. The zero-order valence-electron chi connectivity index (χ0n) is 16.1. The Morgan fingerprint density at radius 3 is 2.48 bits per heavy atom. The van der Waals surface area contributed by atoms with Crippen LogP contribution < -0.4 is 10.1 Å². The van der Waals surface area contributed by atoms with Crippen LogP contribution in [-0.2, 0) is 0 Å². The lowest BCUT2D eigenvalue weighted by Gasteiger charge is -2.38. The summed E-state index contributed by atoms with van der Waals surface area (Å²) < 4.78 is 30.4. The van der Waals surface area contributed by atoms with Crippen molar-refractivity contribution >= 4 is 18.3 Å². The largest absolute Gasteiger partial charge is 0.435 e. The minimum absolute atomic E-state index is 0. The predicted octanol–water partition coefficient (Wildman–Crippen LogP) is 2.81. The summed E-state index contributed by atoms with van der Waals surface area (Å²) in [5, 5.41) is 11.6. The normalized spacial score (nSPS) is 18.1. The minimum Gasteiger partial charge on any atom is -0.435 e. The van der Waals surface area contributed by atoms with Crippen LogP contribution >= 0.6 is 12.4 Å². The smallest absolute Gasteiger partial charge is 0.387 e. The molecule has 0 saturated carbocycles. The Kier molecular flexibility index (Phi) is 6.38. The Hall–Kier alpha value is -2.26. The second-order valence-corrected chi connectivity index (χ2v) is 7.53. The molecule has 2 saturated heterocycles. The molecule has 2 aromatic rings. The number of nitrogens with one attached hydrogen (secondary N) is 1. The van der Waals surface area contributed by atoms with Crippen LogP contribution in [0.25, 0.3) is 5.69 Å². The third kappa shape index (κ3) is 4.35. The highest BCUT2D eigenvalue weighted by Crippen LogP contribution is 2.37. The van der Waals surface area contributed by atoms with Gasteiger partial charge in [0.2, 0.25) is 0 Å². The Balaban J connectivity index is 0.00000240. The summed E-state index contributed by atoms with van der Waals surface area (Å²) in [7, 11) is 0. The number of ether oxygens (including phenoxy) is 1. The molecule has 1 amide bonds. The van der Waals surface area contributed by atoms with Gasteiger partial charge in [-0.25, -0.2) is 4.68 Å². The van der Waals surface area contributed by atoms with E-state index in [-0.39, 0.29) is 24.1 Å². The molecular weight excluding hydrogens is 404 g/mol. The first-order valence-corrected chi connectivity index (χ1v) is 9.45. The molecule has 0 atom stereocenters. The van der Waals surface area contributed by atoms with Crippen molar-refractivity contribution in [3.05, 3.63) is 35.7 Å². The fourth-order valence-corrected chi connectivity index (χ4v) is 4.10. The van der Waals surface area contributed by atoms with Gasteiger partial charge in [-0.3, -0.25) is 4.79 Å². The molecule has 29 heavy (non-hydrogen) atoms. The van der Waals surface area contributed by atoms with Crippen LogP contribution in [0, 0.1) is 12.3 Å². The number of amides is 1. The molecule has 2 aliphatic heterocycles. The Morgan fingerprint density at radius 2 is 1.90 bits per heavy atom. The quantitative estimate of drug-likeness (QED) is 0.812. The van der Waals surface area contributed by atoms with Gasteiger partial charge in [0, 0.05) is 19.6 Å². The van der Waals surface area contributed by atoms with E-state index in [1.807, 2.05) is 4.90 Å². The van der Waals surface area contributed by atoms with Crippen molar-refractivity contribution in [2.75, 3.05) is 26.2 Å². The van der Waals surface area contributed by atoms with E-state index in [9.17, 15) is 13.6 Å². The molecule has 1 aromatic carbocycles. The molecule has 4 rings (SSSR count). The average molecular weight is 428 g/mol. The van der Waals surface area contributed by atoms with Crippen LogP contribution in [0.15, 0.2) is 24.3 Å². The maximum atomic E-state index is 12.9. The van der Waals surface area contributed by atoms with E-state index in [4.69, 9.17) is 0 Å². The van der Waals surface area contributed by atoms with Gasteiger partial charge in [0.25, 0.3) is 5.91 Å². The zero-order valence-corrected chi connectivity index (χ0v) is 16.9. The van der Waals surface area contributed by atoms with Gasteiger partial charge in [-0.2, -0.15) is 8.78 Å². The van der Waals surface area contributed by atoms with Gasteiger partial charge in [0.1, 0.15) is 5.75 Å². The van der Waals surface area contributed by atoms with E-state index in [1.165, 1.54) is 23.2 Å². The van der Waals surface area contributed by atoms with Crippen molar-refractivity contribution in [1.29, 1.82) is 0 Å². The van der Waals surface area contributed by atoms with Crippen molar-refractivity contribution < 1.29 is 18.3 Å². The van der Waals surface area contributed by atoms with Gasteiger partial charge in [-0.1, -0.05) is 5.21 Å². The Bertz CT molecular complexity index is 843. The van der Waals surface area contributed by atoms with Gasteiger partial charge in [-0.05, 0) is 62.4 Å². The molecule has 7 nitrogen and oxygen atoms in total. The van der Waals surface area contributed by atoms with Crippen LogP contribution in [0.5, 0.6) is 5.75 Å². The van der Waals surface area contributed by atoms with E-state index >= 15 is 0 Å². The first-order chi connectivity index (χ1) is 13.5. The second kappa shape index (κ2) is 8.62. The molecule has 2 fully saturated rings. The number of carbonyl (C=O) groups excluding carboxylic acids is 1. The number of halogens is 3. The molecule has 2 aliphatic rings. The molecule has 10 heteroatoms. The lowest BCUT2D eigenvalue weighted by atomic mass is 9.78. The number of likely N-dealkylation sites (tertiary alicyclic amines) is 1. The predicted molar refractivity (Wildman–Crippen MR) is 105 cm³/mol. The van der Waals surface area contributed by atoms with E-state index < -0.39 is 6.61 Å². The molecule has 0 aliphatic carbocycles. The number of piperidine rings is 1. The Morgan fingerprint density at radius 1 is 1.21 bits per heavy atom. The molecule has 0 radical (unpaired) electrons. The van der Waals surface area contributed by atoms with Crippen LogP contribution in [-0.4, -0.2) is 58.6 Å². The molecule has 0 unspecified atom stereocenters. The molecular formula is C19H24ClF2N5O2. The molecule has 158 valence electrons. The third-order valence-corrected chi connectivity index (χ3v) is 5.85. The van der Waals surface area contributed by atoms with Crippen molar-refractivity contribution in [1.82, 2.24) is 25.2 Å². The third-order valence-electron chi connectivity index (χ3n) is 5.85. The molecule has 1 aromatic heterocycles. The lowest BCUT2D eigenvalue weighted by molar-refractivity contribution is -0.0498. The van der Waals surface area contributed by atoms with Crippen molar-refractivity contribution in [2.24, 2.45) is 5.41 Å². The summed E-state index contributed by atoms with van der Waals surface area (Å²) in [6.45, 7) is 2.46. The number of nitrogens with zero attached hydrogens (tertiary/aromatic N) is 4. The molecule has 1 N–H and O–H groups in total. The van der Waals surface area contributed by atoms with Crippen LogP contribution in [0.4, 0.5) is 8.78 Å². The highest BCUT2D eigenvalue weighted by atomic mass is 35.5. The van der Waals surface area contributed by atoms with E-state index in [1.54, 1.807) is 19.1 Å². The van der Waals surface area contributed by atoms with Crippen LogP contribution in [0.1, 0.15) is 35.4 Å². The Labute approximate surface area is 173 Å². The summed E-state index contributed by atoms with van der Waals surface area (Å²) in [6.07, 6.45) is 3.19. The fraction of sp³-hybridized carbons (Fsp3) is 0.526. The maximum absolute atomic E-state index is 12.9. The van der Waals surface area contributed by atoms with Gasteiger partial charge < -0.3 is 15.0 Å². The maximum Gasteiger partial charge on any atom is 0.387 e. The summed E-state index contributed by atoms with van der Waals surface area (Å²) in [5.74, 6) is -0.0429. The van der Waals surface area contributed by atoms with E-state index in [0.717, 1.165) is 39.0 Å². The van der Waals surface area contributed by atoms with Crippen molar-refractivity contribution in [3.8, 4) is 11.4 Å². The van der Waals surface area contributed by atoms with E-state index in [0.29, 0.717) is 22.5 Å². The molecule has 1 spiro atoms. The monoisotopic (exact) mass is 427 g/mol. The standard InChI is InChI=1S/C19H23F2N5O2.ClH/c1-13-16(17(27)25-10-7-19(8-11-25)6-9-22-12-19)23-24-26(13)14-2-4-15(5-3-14)28-18(20)21;/h2-5,18,22H,6-12H2,1H3;1H. The average Bonchev–Trinajstić information content (AvgIpc) is 3.29. The molecule has 0 bridgehead atoms. The first-order valence-electron chi connectivity index (χ1n) is 9.45. The van der Waals surface area contributed by atoms with Crippen LogP contribution in [0.3, 0.4) is 0 Å². The number of alkyl halides is 2. The van der Waals surface area contributed by atoms with E-state index in [2.05, 4.69) is 20.4 Å². The summed E-state index contributed by atoms with van der Waals surface area (Å²) in [4.78, 5) is 14.8. The summed E-state index contributed by atoms with van der Waals surface area (Å²) >= 11 is 0. The number of hydrogen-bond acceptors (Lipinski definition) is 5. The van der Waals surface area contributed by atoms with Gasteiger partial charge >= 0.3 is 6.61 Å². The minimum atomic E-state index is -2.87.